The number of thiazole rings is 1. The summed E-state index contributed by atoms with van der Waals surface area (Å²) in [7, 11) is 0. The Morgan fingerprint density at radius 2 is 1.79 bits per heavy atom. The molecule has 158 valence electrons. The van der Waals surface area contributed by atoms with E-state index in [9.17, 15) is 9.90 Å². The molecule has 0 aliphatic heterocycles. The van der Waals surface area contributed by atoms with Crippen molar-refractivity contribution in [1.82, 2.24) is 9.71 Å². The van der Waals surface area contributed by atoms with Crippen LogP contribution in [-0.4, -0.2) is 16.1 Å². The number of rotatable bonds is 6. The Labute approximate surface area is 185 Å². The largest absolute Gasteiger partial charge is 0.384 e. The third-order valence-corrected chi connectivity index (χ3v) is 7.52. The van der Waals surface area contributed by atoms with Gasteiger partial charge >= 0.3 is 6.03 Å². The van der Waals surface area contributed by atoms with Crippen molar-refractivity contribution < 1.29 is 9.90 Å². The molecule has 0 unspecified atom stereocenters. The minimum Gasteiger partial charge on any atom is -0.384 e. The third-order valence-electron chi connectivity index (χ3n) is 5.25. The SMILES string of the molecule is CC(C)c1cc(Cl)cc(C(C)C)c1NC(=O)NSc1ncc(C2(O)CCCC2)s1. The Bertz CT molecular complexity index is 848. The first-order chi connectivity index (χ1) is 13.7. The summed E-state index contributed by atoms with van der Waals surface area (Å²) in [6, 6.07) is 3.52. The lowest BCUT2D eigenvalue weighted by Crippen LogP contribution is -2.24. The van der Waals surface area contributed by atoms with E-state index in [1.165, 1.54) is 23.3 Å². The first-order valence-electron chi connectivity index (χ1n) is 9.95. The predicted octanol–water partition coefficient (Wildman–Crippen LogP) is 6.63. The van der Waals surface area contributed by atoms with E-state index >= 15 is 0 Å². The number of aromatic nitrogens is 1. The second kappa shape index (κ2) is 9.25. The number of nitrogens with one attached hydrogen (secondary N) is 2. The fourth-order valence-electron chi connectivity index (χ4n) is 3.66. The highest BCUT2D eigenvalue weighted by atomic mass is 35.5. The summed E-state index contributed by atoms with van der Waals surface area (Å²) in [5, 5.41) is 14.4. The summed E-state index contributed by atoms with van der Waals surface area (Å²) in [6.07, 6.45) is 5.36. The maximum absolute atomic E-state index is 12.6. The van der Waals surface area contributed by atoms with E-state index in [-0.39, 0.29) is 17.9 Å². The van der Waals surface area contributed by atoms with Crippen molar-refractivity contribution in [2.24, 2.45) is 0 Å². The quantitative estimate of drug-likeness (QED) is 0.429. The lowest BCUT2D eigenvalue weighted by molar-refractivity contribution is 0.0481. The first kappa shape index (κ1) is 22.4. The zero-order valence-electron chi connectivity index (χ0n) is 17.2. The van der Waals surface area contributed by atoms with Crippen molar-refractivity contribution in [2.75, 3.05) is 5.32 Å². The zero-order chi connectivity index (χ0) is 21.2. The Kier molecular flexibility index (Phi) is 7.14. The van der Waals surface area contributed by atoms with Crippen LogP contribution in [0.3, 0.4) is 0 Å². The molecule has 0 bridgehead atoms. The van der Waals surface area contributed by atoms with Crippen molar-refractivity contribution in [3.05, 3.63) is 39.4 Å². The summed E-state index contributed by atoms with van der Waals surface area (Å²) in [5.74, 6) is 0.450. The second-order valence-corrected chi connectivity index (χ2v) is 10.7. The fraction of sp³-hybridized carbons (Fsp3) is 0.524. The summed E-state index contributed by atoms with van der Waals surface area (Å²) in [5.41, 5.74) is 2.10. The smallest absolute Gasteiger partial charge is 0.329 e. The lowest BCUT2D eigenvalue weighted by atomic mass is 9.92. The standard InChI is InChI=1S/C21H28ClN3O2S2/c1-12(2)15-9-14(22)10-16(13(3)4)18(15)24-19(26)25-29-20-23-11-17(28-20)21(27)7-5-6-8-21/h9-13,27H,5-8H2,1-4H3,(H2,24,25,26). The van der Waals surface area contributed by atoms with E-state index in [1.807, 2.05) is 12.1 Å². The number of halogens is 1. The van der Waals surface area contributed by atoms with Crippen LogP contribution in [0.15, 0.2) is 22.7 Å². The molecule has 3 N–H and O–H groups in total. The van der Waals surface area contributed by atoms with Crippen LogP contribution in [0.5, 0.6) is 0 Å². The van der Waals surface area contributed by atoms with Crippen molar-refractivity contribution in [1.29, 1.82) is 0 Å². The van der Waals surface area contributed by atoms with Gasteiger partial charge in [0.25, 0.3) is 0 Å². The lowest BCUT2D eigenvalue weighted by Gasteiger charge is -2.21. The van der Waals surface area contributed by atoms with Gasteiger partial charge in [-0.15, -0.1) is 11.3 Å². The van der Waals surface area contributed by atoms with Gasteiger partial charge in [0.05, 0.1) is 4.88 Å². The molecule has 0 atom stereocenters. The molecule has 2 amide bonds. The maximum Gasteiger partial charge on any atom is 0.329 e. The molecule has 0 radical (unpaired) electrons. The molecular weight excluding hydrogens is 426 g/mol. The molecule has 29 heavy (non-hydrogen) atoms. The Hall–Kier alpha value is -1.28. The van der Waals surface area contributed by atoms with Crippen LogP contribution in [0.4, 0.5) is 10.5 Å². The molecule has 3 rings (SSSR count). The van der Waals surface area contributed by atoms with Crippen molar-refractivity contribution in [2.45, 2.75) is 75.2 Å². The van der Waals surface area contributed by atoms with E-state index in [1.54, 1.807) is 6.20 Å². The average molecular weight is 454 g/mol. The molecule has 1 heterocycles. The van der Waals surface area contributed by atoms with Gasteiger partial charge in [0, 0.05) is 28.9 Å². The van der Waals surface area contributed by atoms with Gasteiger partial charge in [0.15, 0.2) is 4.34 Å². The topological polar surface area (TPSA) is 74.2 Å². The molecule has 8 heteroatoms. The van der Waals surface area contributed by atoms with Crippen molar-refractivity contribution in [3.8, 4) is 0 Å². The summed E-state index contributed by atoms with van der Waals surface area (Å²) < 4.78 is 3.52. The van der Waals surface area contributed by atoms with E-state index in [0.29, 0.717) is 9.36 Å². The number of aliphatic hydroxyl groups is 1. The van der Waals surface area contributed by atoms with Crippen LogP contribution in [0, 0.1) is 0 Å². The van der Waals surface area contributed by atoms with E-state index < -0.39 is 5.60 Å². The second-order valence-electron chi connectivity index (χ2n) is 8.16. The summed E-state index contributed by atoms with van der Waals surface area (Å²) in [4.78, 5) is 17.8. The number of urea groups is 1. The minimum atomic E-state index is -0.750. The number of carbonyl (C=O) groups is 1. The molecular formula is C21H28ClN3O2S2. The van der Waals surface area contributed by atoms with Gasteiger partial charge in [0.2, 0.25) is 0 Å². The average Bonchev–Trinajstić information content (AvgIpc) is 3.30. The van der Waals surface area contributed by atoms with Gasteiger partial charge in [-0.25, -0.2) is 9.78 Å². The molecule has 1 aliphatic rings. The fourth-order valence-corrected chi connectivity index (χ4v) is 5.59. The van der Waals surface area contributed by atoms with Gasteiger partial charge < -0.3 is 10.4 Å². The Balaban J connectivity index is 1.69. The number of nitrogens with zero attached hydrogens (tertiary/aromatic N) is 1. The highest BCUT2D eigenvalue weighted by molar-refractivity contribution is 7.99. The molecule has 1 aromatic heterocycles. The van der Waals surface area contributed by atoms with Crippen molar-refractivity contribution >= 4 is 46.6 Å². The summed E-state index contributed by atoms with van der Waals surface area (Å²) >= 11 is 8.90. The monoisotopic (exact) mass is 453 g/mol. The van der Waals surface area contributed by atoms with E-state index in [2.05, 4.69) is 42.7 Å². The van der Waals surface area contributed by atoms with Crippen LogP contribution in [0.25, 0.3) is 0 Å². The highest BCUT2D eigenvalue weighted by Gasteiger charge is 2.35. The molecule has 5 nitrogen and oxygen atoms in total. The predicted molar refractivity (Wildman–Crippen MR) is 122 cm³/mol. The number of amides is 2. The van der Waals surface area contributed by atoms with E-state index in [0.717, 1.165) is 47.4 Å². The normalized spacial score (nSPS) is 15.9. The number of anilines is 1. The number of carbonyl (C=O) groups excluding carboxylic acids is 1. The Morgan fingerprint density at radius 1 is 1.21 bits per heavy atom. The van der Waals surface area contributed by atoms with Gasteiger partial charge in [0.1, 0.15) is 5.60 Å². The molecule has 0 spiro atoms. The van der Waals surface area contributed by atoms with Gasteiger partial charge in [-0.3, -0.25) is 4.72 Å². The van der Waals surface area contributed by atoms with Gasteiger partial charge in [-0.2, -0.15) is 0 Å². The molecule has 2 aromatic rings. The summed E-state index contributed by atoms with van der Waals surface area (Å²) in [6.45, 7) is 8.33. The highest BCUT2D eigenvalue weighted by Crippen LogP contribution is 2.42. The Morgan fingerprint density at radius 3 is 2.34 bits per heavy atom. The molecule has 1 aliphatic carbocycles. The first-order valence-corrected chi connectivity index (χ1v) is 12.0. The zero-order valence-corrected chi connectivity index (χ0v) is 19.6. The van der Waals surface area contributed by atoms with Crippen LogP contribution in [0.1, 0.15) is 81.2 Å². The molecule has 1 saturated carbocycles. The van der Waals surface area contributed by atoms with Gasteiger partial charge in [-0.1, -0.05) is 52.1 Å². The van der Waals surface area contributed by atoms with Gasteiger partial charge in [-0.05, 0) is 47.9 Å². The van der Waals surface area contributed by atoms with E-state index in [4.69, 9.17) is 11.6 Å². The number of hydrogen-bond acceptors (Lipinski definition) is 5. The van der Waals surface area contributed by atoms with Crippen LogP contribution in [-0.2, 0) is 5.60 Å². The molecule has 1 aromatic carbocycles. The third kappa shape index (κ3) is 5.26. The number of hydrogen-bond donors (Lipinski definition) is 3. The van der Waals surface area contributed by atoms with Crippen LogP contribution >= 0.6 is 34.9 Å². The van der Waals surface area contributed by atoms with Crippen LogP contribution in [0.2, 0.25) is 5.02 Å². The maximum atomic E-state index is 12.6. The van der Waals surface area contributed by atoms with Crippen molar-refractivity contribution in [3.63, 3.8) is 0 Å². The van der Waals surface area contributed by atoms with Crippen LogP contribution < -0.4 is 10.0 Å². The molecule has 1 fully saturated rings. The number of benzene rings is 1. The molecule has 0 saturated heterocycles. The minimum absolute atomic E-state index is 0.225.